The Hall–Kier alpha value is -1.16. The number of nitrogens with one attached hydrogen (secondary N) is 1. The molecule has 1 unspecified atom stereocenters. The van der Waals surface area contributed by atoms with Crippen molar-refractivity contribution in [3.05, 3.63) is 35.9 Å². The molecule has 1 atom stereocenters. The van der Waals surface area contributed by atoms with Crippen molar-refractivity contribution in [1.29, 1.82) is 0 Å². The zero-order chi connectivity index (χ0) is 16.8. The van der Waals surface area contributed by atoms with Gasteiger partial charge in [-0.05, 0) is 40.2 Å². The van der Waals surface area contributed by atoms with E-state index in [9.17, 15) is 9.36 Å². The van der Waals surface area contributed by atoms with Crippen molar-refractivity contribution in [2.45, 2.75) is 59.0 Å². The van der Waals surface area contributed by atoms with E-state index in [4.69, 9.17) is 9.05 Å². The normalized spacial score (nSPS) is 13.4. The largest absolute Gasteiger partial charge is 0.351 e. The Morgan fingerprint density at radius 2 is 1.55 bits per heavy atom. The maximum atomic E-state index is 12.9. The summed E-state index contributed by atoms with van der Waals surface area (Å²) in [6.45, 7) is 9.03. The first-order valence-electron chi connectivity index (χ1n) is 7.52. The third-order valence-electron chi connectivity index (χ3n) is 2.88. The van der Waals surface area contributed by atoms with E-state index in [0.29, 0.717) is 6.54 Å². The van der Waals surface area contributed by atoms with Gasteiger partial charge in [0, 0.05) is 6.54 Å². The van der Waals surface area contributed by atoms with E-state index in [1.807, 2.05) is 30.3 Å². The second-order valence-electron chi connectivity index (χ2n) is 5.73. The van der Waals surface area contributed by atoms with Gasteiger partial charge in [0.2, 0.25) is 5.91 Å². The lowest BCUT2D eigenvalue weighted by Gasteiger charge is -2.27. The molecular formula is C16H26NO4P. The van der Waals surface area contributed by atoms with Crippen LogP contribution in [0.15, 0.2) is 30.3 Å². The Morgan fingerprint density at radius 3 is 2.00 bits per heavy atom. The maximum Gasteiger partial charge on any atom is 0.343 e. The Bertz CT molecular complexity index is 502. The van der Waals surface area contributed by atoms with Crippen LogP contribution in [0.5, 0.6) is 0 Å². The van der Waals surface area contributed by atoms with Crippen molar-refractivity contribution in [2.24, 2.45) is 0 Å². The Kier molecular flexibility index (Phi) is 7.27. The Morgan fingerprint density at radius 1 is 1.05 bits per heavy atom. The van der Waals surface area contributed by atoms with Gasteiger partial charge in [-0.25, -0.2) is 0 Å². The lowest BCUT2D eigenvalue weighted by atomic mass is 10.2. The minimum absolute atomic E-state index is 0.283. The van der Waals surface area contributed by atoms with Gasteiger partial charge in [-0.15, -0.1) is 0 Å². The van der Waals surface area contributed by atoms with E-state index in [1.165, 1.54) is 0 Å². The van der Waals surface area contributed by atoms with E-state index in [-0.39, 0.29) is 18.1 Å². The van der Waals surface area contributed by atoms with Crippen molar-refractivity contribution in [3.8, 4) is 0 Å². The number of hydrogen-bond donors (Lipinski definition) is 1. The predicted molar refractivity (Wildman–Crippen MR) is 87.8 cm³/mol. The molecule has 1 rings (SSSR count). The Balaban J connectivity index is 2.73. The molecule has 22 heavy (non-hydrogen) atoms. The lowest BCUT2D eigenvalue weighted by Crippen LogP contribution is -2.34. The number of amides is 1. The molecule has 1 aromatic carbocycles. The highest BCUT2D eigenvalue weighted by Crippen LogP contribution is 2.55. The summed E-state index contributed by atoms with van der Waals surface area (Å²) in [7, 11) is -3.51. The van der Waals surface area contributed by atoms with E-state index >= 15 is 0 Å². The highest BCUT2D eigenvalue weighted by Gasteiger charge is 2.39. The molecule has 0 radical (unpaired) electrons. The number of hydrogen-bond acceptors (Lipinski definition) is 4. The highest BCUT2D eigenvalue weighted by molar-refractivity contribution is 7.55. The summed E-state index contributed by atoms with van der Waals surface area (Å²) in [6, 6.07) is 9.55. The van der Waals surface area contributed by atoms with Crippen LogP contribution in [0.4, 0.5) is 0 Å². The van der Waals surface area contributed by atoms with E-state index in [1.54, 1.807) is 34.6 Å². The van der Waals surface area contributed by atoms with Gasteiger partial charge in [0.1, 0.15) is 5.66 Å². The average molecular weight is 327 g/mol. The smallest absolute Gasteiger partial charge is 0.343 e. The highest BCUT2D eigenvalue weighted by atomic mass is 31.2. The fourth-order valence-corrected chi connectivity index (χ4v) is 3.84. The molecule has 1 aromatic rings. The van der Waals surface area contributed by atoms with Gasteiger partial charge in [-0.3, -0.25) is 9.36 Å². The first kappa shape index (κ1) is 18.9. The van der Waals surface area contributed by atoms with Gasteiger partial charge in [0.15, 0.2) is 0 Å². The molecule has 124 valence electrons. The molecule has 0 aliphatic rings. The number of carbonyl (C=O) groups excluding carboxylic acids is 1. The minimum Gasteiger partial charge on any atom is -0.351 e. The van der Waals surface area contributed by atoms with Crippen molar-refractivity contribution < 1.29 is 18.4 Å². The summed E-state index contributed by atoms with van der Waals surface area (Å²) >= 11 is 0. The van der Waals surface area contributed by atoms with Crippen molar-refractivity contribution in [1.82, 2.24) is 5.32 Å². The number of benzene rings is 1. The minimum atomic E-state index is -3.51. The average Bonchev–Trinajstić information content (AvgIpc) is 2.43. The third-order valence-corrected chi connectivity index (χ3v) is 5.49. The summed E-state index contributed by atoms with van der Waals surface area (Å²) in [5, 5.41) is 2.78. The standard InChI is InChI=1S/C16H26NO4P/c1-12(2)20-22(19,21-13(3)4)14(5)16(18)17-11-15-9-7-6-8-10-15/h6-10,12-14H,11H2,1-5H3,(H,17,18). The summed E-state index contributed by atoms with van der Waals surface area (Å²) < 4.78 is 23.8. The van der Waals surface area contributed by atoms with Crippen molar-refractivity contribution >= 4 is 13.5 Å². The van der Waals surface area contributed by atoms with Crippen LogP contribution in [-0.2, 0) is 25.0 Å². The van der Waals surface area contributed by atoms with Crippen LogP contribution in [0.25, 0.3) is 0 Å². The molecule has 0 spiro atoms. The predicted octanol–water partition coefficient (Wildman–Crippen LogP) is 3.73. The molecule has 0 aromatic heterocycles. The van der Waals surface area contributed by atoms with Crippen LogP contribution in [0.3, 0.4) is 0 Å². The van der Waals surface area contributed by atoms with E-state index in [2.05, 4.69) is 5.32 Å². The van der Waals surface area contributed by atoms with E-state index < -0.39 is 13.3 Å². The Labute approximate surface area is 132 Å². The first-order chi connectivity index (χ1) is 10.2. The first-order valence-corrected chi connectivity index (χ1v) is 9.14. The molecule has 0 saturated carbocycles. The molecule has 6 heteroatoms. The van der Waals surface area contributed by atoms with Crippen LogP contribution >= 0.6 is 7.60 Å². The van der Waals surface area contributed by atoms with Crippen LogP contribution in [0.1, 0.15) is 40.2 Å². The van der Waals surface area contributed by atoms with Gasteiger partial charge in [0.25, 0.3) is 0 Å². The van der Waals surface area contributed by atoms with Crippen molar-refractivity contribution in [3.63, 3.8) is 0 Å². The molecule has 0 fully saturated rings. The van der Waals surface area contributed by atoms with E-state index in [0.717, 1.165) is 5.56 Å². The zero-order valence-electron chi connectivity index (χ0n) is 13.9. The molecule has 1 amide bonds. The number of rotatable bonds is 8. The second-order valence-corrected chi connectivity index (χ2v) is 8.00. The maximum absolute atomic E-state index is 12.9. The molecule has 0 aliphatic carbocycles. The van der Waals surface area contributed by atoms with Gasteiger partial charge in [-0.2, -0.15) is 0 Å². The van der Waals surface area contributed by atoms with Crippen LogP contribution in [0, 0.1) is 0 Å². The molecule has 5 nitrogen and oxygen atoms in total. The number of carbonyl (C=O) groups is 1. The fourth-order valence-electron chi connectivity index (χ4n) is 1.87. The van der Waals surface area contributed by atoms with Crippen LogP contribution < -0.4 is 5.32 Å². The topological polar surface area (TPSA) is 64.6 Å². The molecular weight excluding hydrogens is 301 g/mol. The van der Waals surface area contributed by atoms with Gasteiger partial charge >= 0.3 is 7.60 Å². The lowest BCUT2D eigenvalue weighted by molar-refractivity contribution is -0.121. The molecule has 0 bridgehead atoms. The zero-order valence-corrected chi connectivity index (χ0v) is 14.8. The molecule has 0 heterocycles. The van der Waals surface area contributed by atoms with Crippen LogP contribution in [0.2, 0.25) is 0 Å². The molecule has 1 N–H and O–H groups in total. The fraction of sp³-hybridized carbons (Fsp3) is 0.562. The van der Waals surface area contributed by atoms with Gasteiger partial charge < -0.3 is 14.4 Å². The van der Waals surface area contributed by atoms with Gasteiger partial charge in [-0.1, -0.05) is 30.3 Å². The monoisotopic (exact) mass is 327 g/mol. The quantitative estimate of drug-likeness (QED) is 0.739. The summed E-state index contributed by atoms with van der Waals surface area (Å²) in [5.74, 6) is -0.339. The molecule has 0 aliphatic heterocycles. The van der Waals surface area contributed by atoms with Gasteiger partial charge in [0.05, 0.1) is 12.2 Å². The second kappa shape index (κ2) is 8.47. The third kappa shape index (κ3) is 5.91. The summed E-state index contributed by atoms with van der Waals surface area (Å²) in [6.07, 6.45) is -0.567. The van der Waals surface area contributed by atoms with Crippen LogP contribution in [-0.4, -0.2) is 23.8 Å². The molecule has 0 saturated heterocycles. The van der Waals surface area contributed by atoms with Crippen molar-refractivity contribution in [2.75, 3.05) is 0 Å². The summed E-state index contributed by atoms with van der Waals surface area (Å²) in [4.78, 5) is 12.3. The summed E-state index contributed by atoms with van der Waals surface area (Å²) in [5.41, 5.74) is 0.119. The SMILES string of the molecule is CC(C)OP(=O)(OC(C)C)C(C)C(=O)NCc1ccccc1.